The minimum Gasteiger partial charge on any atom is -0.507 e. The Morgan fingerprint density at radius 3 is 2.65 bits per heavy atom. The fourth-order valence-electron chi connectivity index (χ4n) is 4.15. The number of hydrogen-bond donors (Lipinski definition) is 1. The molecule has 1 fully saturated rings. The van der Waals surface area contributed by atoms with Crippen molar-refractivity contribution in [2.24, 2.45) is 0 Å². The Morgan fingerprint density at radius 1 is 1.19 bits per heavy atom. The van der Waals surface area contributed by atoms with E-state index in [0.29, 0.717) is 30.7 Å². The van der Waals surface area contributed by atoms with E-state index in [0.717, 1.165) is 24.3 Å². The molecule has 2 aromatic carbocycles. The molecule has 2 aromatic rings. The summed E-state index contributed by atoms with van der Waals surface area (Å²) in [4.78, 5) is 29.4. The van der Waals surface area contributed by atoms with Crippen LogP contribution in [0.4, 0.5) is 4.39 Å². The second-order valence-electron chi connectivity index (χ2n) is 8.12. The van der Waals surface area contributed by atoms with Gasteiger partial charge in [0.2, 0.25) is 0 Å². The Bertz CT molecular complexity index is 1050. The fourth-order valence-corrected chi connectivity index (χ4v) is 4.15. The number of nitrogens with zero attached hydrogens (tertiary/aromatic N) is 2. The molecule has 0 bridgehead atoms. The first-order valence-corrected chi connectivity index (χ1v) is 10.3. The van der Waals surface area contributed by atoms with Gasteiger partial charge in [-0.2, -0.15) is 0 Å². The summed E-state index contributed by atoms with van der Waals surface area (Å²) < 4.78 is 19.0. The van der Waals surface area contributed by atoms with Crippen LogP contribution in [0.1, 0.15) is 29.2 Å². The number of Topliss-reactive ketones (excluding diaryl/α,β-unsaturated/α-hetero) is 1. The van der Waals surface area contributed by atoms with Crippen LogP contribution in [0.3, 0.4) is 0 Å². The zero-order valence-electron chi connectivity index (χ0n) is 17.6. The molecule has 1 N–H and O–H groups in total. The lowest BCUT2D eigenvalue weighted by atomic mass is 9.94. The second kappa shape index (κ2) is 8.51. The van der Waals surface area contributed by atoms with Gasteiger partial charge in [0, 0.05) is 18.5 Å². The van der Waals surface area contributed by atoms with Gasteiger partial charge < -0.3 is 19.6 Å². The Labute approximate surface area is 180 Å². The molecule has 1 atom stereocenters. The van der Waals surface area contributed by atoms with Crippen molar-refractivity contribution in [2.75, 3.05) is 33.8 Å². The number of aliphatic hydroxyl groups is 1. The van der Waals surface area contributed by atoms with Gasteiger partial charge in [-0.1, -0.05) is 12.1 Å². The number of carbonyl (C=O) groups excluding carboxylic acids is 2. The summed E-state index contributed by atoms with van der Waals surface area (Å²) in [5, 5.41) is 11.1. The number of carbonyl (C=O) groups is 2. The third kappa shape index (κ3) is 4.05. The van der Waals surface area contributed by atoms with Crippen LogP contribution < -0.4 is 4.74 Å². The van der Waals surface area contributed by atoms with E-state index in [1.54, 1.807) is 30.3 Å². The lowest BCUT2D eigenvalue weighted by molar-refractivity contribution is -0.139. The van der Waals surface area contributed by atoms with Gasteiger partial charge in [-0.3, -0.25) is 9.59 Å². The second-order valence-corrected chi connectivity index (χ2v) is 8.12. The maximum Gasteiger partial charge on any atom is 0.295 e. The monoisotopic (exact) mass is 424 g/mol. The molecule has 6 nitrogen and oxygen atoms in total. The molecule has 162 valence electrons. The zero-order chi connectivity index (χ0) is 22.1. The van der Waals surface area contributed by atoms with Crippen molar-refractivity contribution in [3.63, 3.8) is 0 Å². The van der Waals surface area contributed by atoms with Crippen LogP contribution in [0.15, 0.2) is 48.0 Å². The molecule has 0 spiro atoms. The lowest BCUT2D eigenvalue weighted by Crippen LogP contribution is -2.32. The Hall–Kier alpha value is -3.19. The third-order valence-corrected chi connectivity index (χ3v) is 5.69. The maximum atomic E-state index is 13.5. The van der Waals surface area contributed by atoms with E-state index in [1.807, 2.05) is 19.0 Å². The van der Waals surface area contributed by atoms with Crippen LogP contribution in [0.25, 0.3) is 5.76 Å². The summed E-state index contributed by atoms with van der Waals surface area (Å²) >= 11 is 0. The molecule has 0 saturated carbocycles. The van der Waals surface area contributed by atoms with Crippen LogP contribution in [0.2, 0.25) is 0 Å². The van der Waals surface area contributed by atoms with E-state index in [4.69, 9.17) is 4.74 Å². The predicted octanol–water partition coefficient (Wildman–Crippen LogP) is 3.13. The average Bonchev–Trinajstić information content (AvgIpc) is 3.31. The first kappa shape index (κ1) is 21.1. The summed E-state index contributed by atoms with van der Waals surface area (Å²) in [7, 11) is 3.87. The van der Waals surface area contributed by atoms with Gasteiger partial charge in [0.05, 0.1) is 18.2 Å². The highest BCUT2D eigenvalue weighted by atomic mass is 19.1. The zero-order valence-corrected chi connectivity index (χ0v) is 17.6. The molecule has 2 aliphatic rings. The highest BCUT2D eigenvalue weighted by Gasteiger charge is 2.45. The van der Waals surface area contributed by atoms with Crippen molar-refractivity contribution in [2.45, 2.75) is 18.9 Å². The molecule has 4 rings (SSSR count). The summed E-state index contributed by atoms with van der Waals surface area (Å²) in [5.74, 6) is -1.26. The molecule has 0 radical (unpaired) electrons. The average molecular weight is 424 g/mol. The molecule has 1 saturated heterocycles. The van der Waals surface area contributed by atoms with Crippen LogP contribution >= 0.6 is 0 Å². The van der Waals surface area contributed by atoms with Gasteiger partial charge in [0.15, 0.2) is 0 Å². The number of aliphatic hydroxyl groups excluding tert-OH is 1. The molecule has 7 heteroatoms. The smallest absolute Gasteiger partial charge is 0.295 e. The molecule has 1 unspecified atom stereocenters. The van der Waals surface area contributed by atoms with Crippen molar-refractivity contribution in [1.82, 2.24) is 9.80 Å². The van der Waals surface area contributed by atoms with E-state index in [-0.39, 0.29) is 11.3 Å². The number of amides is 1. The Morgan fingerprint density at radius 2 is 1.94 bits per heavy atom. The number of likely N-dealkylation sites (tertiary alicyclic amines) is 1. The molecule has 1 amide bonds. The highest BCUT2D eigenvalue weighted by Crippen LogP contribution is 2.40. The molecular weight excluding hydrogens is 399 g/mol. The number of halogens is 1. The Balaban J connectivity index is 1.78. The maximum absolute atomic E-state index is 13.5. The predicted molar refractivity (Wildman–Crippen MR) is 114 cm³/mol. The third-order valence-electron chi connectivity index (χ3n) is 5.69. The van der Waals surface area contributed by atoms with Crippen molar-refractivity contribution in [1.29, 1.82) is 0 Å². The van der Waals surface area contributed by atoms with E-state index in [1.165, 1.54) is 17.0 Å². The largest absolute Gasteiger partial charge is 0.507 e. The van der Waals surface area contributed by atoms with Crippen molar-refractivity contribution < 1.29 is 23.8 Å². The molecule has 0 aromatic heterocycles. The Kier molecular flexibility index (Phi) is 5.78. The summed E-state index contributed by atoms with van der Waals surface area (Å²) in [6.07, 6.45) is 1.38. The van der Waals surface area contributed by atoms with Gasteiger partial charge in [-0.05, 0) is 68.5 Å². The van der Waals surface area contributed by atoms with E-state index >= 15 is 0 Å². The minimum atomic E-state index is -0.771. The number of benzene rings is 2. The van der Waals surface area contributed by atoms with Crippen molar-refractivity contribution in [3.8, 4) is 5.75 Å². The number of ketones is 1. The van der Waals surface area contributed by atoms with Gasteiger partial charge >= 0.3 is 0 Å². The first-order valence-electron chi connectivity index (χ1n) is 10.3. The number of fused-ring (bicyclic) bond motifs is 1. The van der Waals surface area contributed by atoms with Crippen LogP contribution in [-0.2, 0) is 16.0 Å². The summed E-state index contributed by atoms with van der Waals surface area (Å²) in [5.41, 5.74) is 2.02. The van der Waals surface area contributed by atoms with Crippen molar-refractivity contribution >= 4 is 17.4 Å². The molecule has 2 heterocycles. The standard InChI is InChI=1S/C24H25FN2O4/c1-26(2)11-3-12-27-21(15-4-7-18(25)8-5-15)20(23(29)24(27)30)22(28)17-6-9-19-16(14-17)10-13-31-19/h4-9,14,21,28H,3,10-13H2,1-2H3/b22-20-. The number of ether oxygens (including phenoxy) is 1. The van der Waals surface area contributed by atoms with Gasteiger partial charge in [-0.25, -0.2) is 4.39 Å². The van der Waals surface area contributed by atoms with E-state index in [2.05, 4.69) is 0 Å². The van der Waals surface area contributed by atoms with Gasteiger partial charge in [0.25, 0.3) is 11.7 Å². The van der Waals surface area contributed by atoms with Gasteiger partial charge in [-0.15, -0.1) is 0 Å². The molecule has 0 aliphatic carbocycles. The van der Waals surface area contributed by atoms with Crippen LogP contribution in [-0.4, -0.2) is 60.4 Å². The number of hydrogen-bond acceptors (Lipinski definition) is 5. The van der Waals surface area contributed by atoms with Crippen molar-refractivity contribution in [3.05, 3.63) is 70.5 Å². The molecule has 31 heavy (non-hydrogen) atoms. The molecular formula is C24H25FN2O4. The fraction of sp³-hybridized carbons (Fsp3) is 0.333. The van der Waals surface area contributed by atoms with Gasteiger partial charge in [0.1, 0.15) is 17.3 Å². The molecule has 2 aliphatic heterocycles. The topological polar surface area (TPSA) is 70.1 Å². The highest BCUT2D eigenvalue weighted by molar-refractivity contribution is 6.46. The first-order chi connectivity index (χ1) is 14.9. The minimum absolute atomic E-state index is 0.0281. The SMILES string of the molecule is CN(C)CCCN1C(=O)C(=O)/C(=C(\O)c2ccc3c(c2)CCO3)C1c1ccc(F)cc1. The van der Waals surface area contributed by atoms with E-state index < -0.39 is 23.5 Å². The van der Waals surface area contributed by atoms with Crippen LogP contribution in [0, 0.1) is 5.82 Å². The summed E-state index contributed by atoms with van der Waals surface area (Å²) in [6, 6.07) is 10.1. The normalized spacial score (nSPS) is 19.7. The lowest BCUT2D eigenvalue weighted by Gasteiger charge is -2.26. The number of rotatable bonds is 6. The van der Waals surface area contributed by atoms with Crippen LogP contribution in [0.5, 0.6) is 5.75 Å². The van der Waals surface area contributed by atoms with E-state index in [9.17, 15) is 19.1 Å². The summed E-state index contributed by atoms with van der Waals surface area (Å²) in [6.45, 7) is 1.66. The quantitative estimate of drug-likeness (QED) is 0.438.